The Hall–Kier alpha value is -7.86. The van der Waals surface area contributed by atoms with Gasteiger partial charge in [-0.05, 0) is 218 Å². The molecular weight excluding hydrogens is 1380 g/mol. The third-order valence-corrected chi connectivity index (χ3v) is 20.6. The molecule has 2 aliphatic heterocycles. The van der Waals surface area contributed by atoms with Crippen molar-refractivity contribution in [3.63, 3.8) is 0 Å². The van der Waals surface area contributed by atoms with E-state index < -0.39 is 43.1 Å². The lowest BCUT2D eigenvalue weighted by molar-refractivity contribution is 0.0118. The second-order valence-corrected chi connectivity index (χ2v) is 34.1. The van der Waals surface area contributed by atoms with Crippen LogP contribution in [0.4, 0.5) is 9.59 Å². The molecule has 0 spiro atoms. The average molecular weight is 1480 g/mol. The molecule has 2 saturated heterocycles. The number of aromatic nitrogens is 8. The minimum atomic E-state index is -4.26. The van der Waals surface area contributed by atoms with Gasteiger partial charge < -0.3 is 43.3 Å². The highest BCUT2D eigenvalue weighted by Gasteiger charge is 2.44. The Labute approximate surface area is 602 Å². The van der Waals surface area contributed by atoms with E-state index in [0.29, 0.717) is 91.5 Å². The molecule has 4 aliphatic rings. The number of nitrogens with two attached hydrogens (primary N) is 1. The first-order valence-electron chi connectivity index (χ1n) is 33.9. The van der Waals surface area contributed by atoms with E-state index in [2.05, 4.69) is 71.7 Å². The third-order valence-electron chi connectivity index (χ3n) is 17.8. The van der Waals surface area contributed by atoms with Gasteiger partial charge in [-0.3, -0.25) is 4.79 Å². The summed E-state index contributed by atoms with van der Waals surface area (Å²) >= 11 is 12.1. The van der Waals surface area contributed by atoms with Crippen molar-refractivity contribution in [2.75, 3.05) is 39.5 Å². The summed E-state index contributed by atoms with van der Waals surface area (Å²) in [6.07, 6.45) is 19.4. The first-order chi connectivity index (χ1) is 47.2. The van der Waals surface area contributed by atoms with Crippen LogP contribution < -0.4 is 28.8 Å². The summed E-state index contributed by atoms with van der Waals surface area (Å²) in [5.74, 6) is 1.14. The predicted molar refractivity (Wildman–Crippen MR) is 378 cm³/mol. The number of hydrogen-bond acceptors (Lipinski definition) is 20. The number of likely N-dealkylation sites (tertiary alicyclic amines) is 2. The van der Waals surface area contributed by atoms with Crippen molar-refractivity contribution >= 4 is 67.3 Å². The summed E-state index contributed by atoms with van der Waals surface area (Å²) in [4.78, 5) is 68.7. The van der Waals surface area contributed by atoms with E-state index in [1.165, 1.54) is 83.7 Å². The number of hydrogen-bond donors (Lipinski definition) is 3. The number of amides is 3. The van der Waals surface area contributed by atoms with Crippen LogP contribution in [-0.2, 0) is 29.5 Å². The molecule has 6 aromatic rings. The molecule has 101 heavy (non-hydrogen) atoms. The van der Waals surface area contributed by atoms with Gasteiger partial charge in [0, 0.05) is 60.8 Å². The van der Waals surface area contributed by atoms with E-state index >= 15 is 0 Å². The van der Waals surface area contributed by atoms with Gasteiger partial charge in [-0.1, -0.05) is 37.0 Å². The second-order valence-electron chi connectivity index (χ2n) is 30.1. The molecule has 552 valence electrons. The number of pyridine rings is 4. The largest absolute Gasteiger partial charge is 0.478 e. The molecule has 0 bridgehead atoms. The van der Waals surface area contributed by atoms with Crippen LogP contribution in [0.3, 0.4) is 0 Å². The summed E-state index contributed by atoms with van der Waals surface area (Å²) in [6, 6.07) is 14.9. The van der Waals surface area contributed by atoms with Crippen LogP contribution in [-0.4, -0.2) is 157 Å². The number of carboxylic acids is 1. The zero-order valence-electron chi connectivity index (χ0n) is 59.7. The van der Waals surface area contributed by atoms with Gasteiger partial charge in [-0.2, -0.15) is 0 Å². The van der Waals surface area contributed by atoms with Gasteiger partial charge >= 0.3 is 18.2 Å². The van der Waals surface area contributed by atoms with Gasteiger partial charge in [0.05, 0.1) is 49.9 Å². The van der Waals surface area contributed by atoms with Crippen molar-refractivity contribution in [1.82, 2.24) is 54.0 Å². The molecule has 10 rings (SSSR count). The molecule has 2 aliphatic carbocycles. The SMILES string of the molecule is CC(C)(C)OC(=O)N1CC(CCCCOc2ccc(S(N)(=O)=O)cn2)CC1(C)C.CC1(CCOc2ccn(-c3ccc(C(=O)NS(=O)(=O)c4ccc(OCCCCC5CN(C(=O)OC(C)(C)C)C(C)(C)C5)nc4)c(Cl)n3)n2)CC1.CC1(CCOc2ccn(-c3ccc(C(=O)O)c(Cl)n3)n2)CC1. The van der Waals surface area contributed by atoms with Crippen molar-refractivity contribution in [3.8, 4) is 35.2 Å². The molecule has 3 amide bonds. The molecule has 2 atom stereocenters. The fourth-order valence-corrected chi connectivity index (χ4v) is 13.3. The molecule has 6 aromatic heterocycles. The maximum atomic E-state index is 12.9. The third kappa shape index (κ3) is 23.9. The van der Waals surface area contributed by atoms with Crippen LogP contribution in [0.25, 0.3) is 11.6 Å². The van der Waals surface area contributed by atoms with Crippen molar-refractivity contribution in [1.29, 1.82) is 0 Å². The molecule has 2 unspecified atom stereocenters. The quantitative estimate of drug-likeness (QED) is 0.0318. The Morgan fingerprint density at radius 1 is 0.564 bits per heavy atom. The number of nitrogens with zero attached hydrogens (tertiary/aromatic N) is 10. The van der Waals surface area contributed by atoms with Gasteiger partial charge in [0.25, 0.3) is 15.9 Å². The van der Waals surface area contributed by atoms with E-state index in [1.54, 1.807) is 30.6 Å². The minimum Gasteiger partial charge on any atom is -0.478 e. The average Bonchev–Trinajstić information content (AvgIpc) is 1.71. The molecule has 4 N–H and O–H groups in total. The first-order valence-corrected chi connectivity index (χ1v) is 37.7. The lowest BCUT2D eigenvalue weighted by Gasteiger charge is -2.33. The van der Waals surface area contributed by atoms with Crippen molar-refractivity contribution in [3.05, 3.63) is 107 Å². The van der Waals surface area contributed by atoms with E-state index in [0.717, 1.165) is 70.4 Å². The molecular formula is C70H96Cl2N12O15S2. The Bertz CT molecular complexity index is 4080. The summed E-state index contributed by atoms with van der Waals surface area (Å²) in [5, 5.41) is 22.3. The number of unbranched alkanes of at least 4 members (excludes halogenated alkanes) is 2. The summed E-state index contributed by atoms with van der Waals surface area (Å²) in [5.41, 5.74) is -0.841. The number of ether oxygens (including phenoxy) is 6. The Kier molecular flexibility index (Phi) is 25.5. The number of carboxylic acid groups (broad SMARTS) is 1. The number of aromatic carboxylic acids is 1. The topological polar surface area (TPSA) is 344 Å². The molecule has 0 radical (unpaired) electrons. The number of carbonyl (C=O) groups excluding carboxylic acids is 3. The molecule has 0 aromatic carbocycles. The van der Waals surface area contributed by atoms with E-state index in [4.69, 9.17) is 61.9 Å². The zero-order chi connectivity index (χ0) is 73.9. The summed E-state index contributed by atoms with van der Waals surface area (Å²) < 4.78 is 87.1. The van der Waals surface area contributed by atoms with Gasteiger partial charge in [0.2, 0.25) is 33.5 Å². The Balaban J connectivity index is 0.000000214. The highest BCUT2D eigenvalue weighted by Crippen LogP contribution is 2.49. The highest BCUT2D eigenvalue weighted by atomic mass is 35.5. The summed E-state index contributed by atoms with van der Waals surface area (Å²) in [7, 11) is -8.00. The van der Waals surface area contributed by atoms with Crippen LogP contribution in [0.2, 0.25) is 10.3 Å². The second kappa shape index (κ2) is 32.6. The highest BCUT2D eigenvalue weighted by molar-refractivity contribution is 7.90. The lowest BCUT2D eigenvalue weighted by Crippen LogP contribution is -2.45. The molecule has 27 nitrogen and oxygen atoms in total. The van der Waals surface area contributed by atoms with Crippen molar-refractivity contribution in [2.24, 2.45) is 27.8 Å². The normalized spacial score (nSPS) is 17.9. The number of carbonyl (C=O) groups is 4. The molecule has 4 fully saturated rings. The van der Waals surface area contributed by atoms with Crippen LogP contribution in [0.15, 0.2) is 95.2 Å². The predicted octanol–water partition coefficient (Wildman–Crippen LogP) is 13.1. The van der Waals surface area contributed by atoms with Crippen LogP contribution in [0.1, 0.15) is 194 Å². The smallest absolute Gasteiger partial charge is 0.410 e. The molecule has 2 saturated carbocycles. The molecule has 8 heterocycles. The number of halogens is 2. The first kappa shape index (κ1) is 78.9. The van der Waals surface area contributed by atoms with Gasteiger partial charge in [0.1, 0.15) is 31.3 Å². The number of primary sulfonamides is 1. The fourth-order valence-electron chi connectivity index (χ4n) is 11.5. The van der Waals surface area contributed by atoms with Gasteiger partial charge in [-0.25, -0.2) is 70.4 Å². The van der Waals surface area contributed by atoms with Gasteiger partial charge in [-0.15, -0.1) is 10.2 Å². The van der Waals surface area contributed by atoms with Crippen LogP contribution >= 0.6 is 23.2 Å². The number of sulfonamides is 2. The molecule has 31 heteroatoms. The van der Waals surface area contributed by atoms with E-state index in [1.807, 2.05) is 56.1 Å². The van der Waals surface area contributed by atoms with Crippen LogP contribution in [0, 0.1) is 22.7 Å². The Morgan fingerprint density at radius 3 is 1.34 bits per heavy atom. The van der Waals surface area contributed by atoms with E-state index in [-0.39, 0.29) is 60.4 Å². The lowest BCUT2D eigenvalue weighted by atomic mass is 9.93. The van der Waals surface area contributed by atoms with Crippen LogP contribution in [0.5, 0.6) is 23.5 Å². The maximum absolute atomic E-state index is 12.9. The fraction of sp³-hybridized carbons (Fsp3) is 0.571. The van der Waals surface area contributed by atoms with E-state index in [9.17, 15) is 36.0 Å². The van der Waals surface area contributed by atoms with Crippen molar-refractivity contribution < 1.29 is 69.5 Å². The van der Waals surface area contributed by atoms with Gasteiger partial charge in [0.15, 0.2) is 11.6 Å². The maximum Gasteiger partial charge on any atom is 0.410 e. The summed E-state index contributed by atoms with van der Waals surface area (Å²) in [6.45, 7) is 27.5. The number of rotatable bonds is 27. The minimum absolute atomic E-state index is 0.0354. The zero-order valence-corrected chi connectivity index (χ0v) is 62.8. The van der Waals surface area contributed by atoms with Crippen molar-refractivity contribution in [2.45, 2.75) is 205 Å². The standard InChI is InChI=1S/C35H47ClN6O7S.C20H33N3O5S.C15H16ClN3O3/c1-33(2,3)49-32(44)41-23-24(21-34(41,4)5)9-7-8-19-47-28-13-10-25(22-37-28)50(45,46)40-31(43)26-11-12-27(38-30(26)36)42-18-14-29(39-42)48-20-17-35(6)15-16-35;1-19(2,3)28-18(24)23-14-15(12-20(23,4)5)8-6-7-11-27-17-10-9-16(13-22-17)29(21,25)26;1-15(5-6-15)7-9-22-12-4-8-19(18-12)11-3-2-10(14(20)21)13(16)17-11/h10-14,18,22,24H,7-9,15-17,19-21,23H2,1-6H3,(H,40,43);9-10,13,15H,6-8,11-12,14H2,1-5H3,(H2,21,25,26);2-4,8H,5-7,9H2,1H3,(H,20,21). The Morgan fingerprint density at radius 2 is 0.970 bits per heavy atom. The monoisotopic (exact) mass is 1480 g/mol. The number of nitrogens with one attached hydrogen (secondary N) is 1.